The second-order valence-corrected chi connectivity index (χ2v) is 5.98. The highest BCUT2D eigenvalue weighted by Crippen LogP contribution is 2.27. The number of fused-ring (bicyclic) bond motifs is 1. The molecule has 0 spiro atoms. The average Bonchev–Trinajstić information content (AvgIpc) is 3.07. The third-order valence-corrected chi connectivity index (χ3v) is 4.56. The lowest BCUT2D eigenvalue weighted by atomic mass is 10.2. The third-order valence-electron chi connectivity index (χ3n) is 3.17. The van der Waals surface area contributed by atoms with E-state index in [1.54, 1.807) is 6.20 Å². The molecule has 0 saturated carbocycles. The van der Waals surface area contributed by atoms with Gasteiger partial charge in [0.25, 0.3) is 0 Å². The van der Waals surface area contributed by atoms with E-state index in [2.05, 4.69) is 30.8 Å². The molecule has 7 heteroatoms. The predicted octanol–water partition coefficient (Wildman–Crippen LogP) is 2.09. The molecule has 0 radical (unpaired) electrons. The SMILES string of the molecule is CCNc1nc(NCC2CCCS2)c2cn[nH]c2n1. The zero-order valence-electron chi connectivity index (χ0n) is 10.9. The Hall–Kier alpha value is -1.50. The van der Waals surface area contributed by atoms with Crippen molar-refractivity contribution < 1.29 is 0 Å². The number of hydrogen-bond acceptors (Lipinski definition) is 6. The number of nitrogens with one attached hydrogen (secondary N) is 3. The molecule has 1 aliphatic heterocycles. The van der Waals surface area contributed by atoms with Crippen LogP contribution >= 0.6 is 11.8 Å². The highest BCUT2D eigenvalue weighted by molar-refractivity contribution is 8.00. The minimum atomic E-state index is 0.640. The average molecular weight is 278 g/mol. The van der Waals surface area contributed by atoms with Gasteiger partial charge in [0.1, 0.15) is 5.82 Å². The van der Waals surface area contributed by atoms with Crippen molar-refractivity contribution in [3.05, 3.63) is 6.20 Å². The Morgan fingerprint density at radius 1 is 1.42 bits per heavy atom. The predicted molar refractivity (Wildman–Crippen MR) is 79.8 cm³/mol. The summed E-state index contributed by atoms with van der Waals surface area (Å²) in [6, 6.07) is 0. The standard InChI is InChI=1S/C12H18N6S/c1-2-13-12-16-10(9-7-15-18-11(9)17-12)14-6-8-4-3-5-19-8/h7-8H,2-6H2,1H3,(H3,13,14,15,16,17,18). The molecule has 1 unspecified atom stereocenters. The fourth-order valence-electron chi connectivity index (χ4n) is 2.22. The van der Waals surface area contributed by atoms with Crippen LogP contribution in [0.3, 0.4) is 0 Å². The molecular formula is C12H18N6S. The Bertz CT molecular complexity index is 548. The summed E-state index contributed by atoms with van der Waals surface area (Å²) in [4.78, 5) is 8.90. The summed E-state index contributed by atoms with van der Waals surface area (Å²) in [5.41, 5.74) is 0.771. The number of H-pyrrole nitrogens is 1. The molecule has 0 amide bonds. The van der Waals surface area contributed by atoms with E-state index >= 15 is 0 Å². The Morgan fingerprint density at radius 2 is 2.37 bits per heavy atom. The topological polar surface area (TPSA) is 78.5 Å². The summed E-state index contributed by atoms with van der Waals surface area (Å²) < 4.78 is 0. The maximum Gasteiger partial charge on any atom is 0.226 e. The molecule has 3 rings (SSSR count). The summed E-state index contributed by atoms with van der Waals surface area (Å²) >= 11 is 2.04. The Kier molecular flexibility index (Phi) is 3.72. The molecule has 1 saturated heterocycles. The normalized spacial score (nSPS) is 18.9. The highest BCUT2D eigenvalue weighted by atomic mass is 32.2. The van der Waals surface area contributed by atoms with E-state index in [1.165, 1.54) is 18.6 Å². The van der Waals surface area contributed by atoms with E-state index in [1.807, 2.05) is 18.7 Å². The number of rotatable bonds is 5. The lowest BCUT2D eigenvalue weighted by molar-refractivity contribution is 0.804. The molecule has 2 aromatic heterocycles. The van der Waals surface area contributed by atoms with Crippen LogP contribution in [0.4, 0.5) is 11.8 Å². The molecule has 1 aliphatic rings. The first kappa shape index (κ1) is 12.5. The van der Waals surface area contributed by atoms with Gasteiger partial charge >= 0.3 is 0 Å². The molecule has 6 nitrogen and oxygen atoms in total. The van der Waals surface area contributed by atoms with Crippen molar-refractivity contribution in [1.29, 1.82) is 0 Å². The smallest absolute Gasteiger partial charge is 0.226 e. The van der Waals surface area contributed by atoms with Crippen LogP contribution in [-0.4, -0.2) is 44.3 Å². The molecule has 2 aromatic rings. The van der Waals surface area contributed by atoms with Gasteiger partial charge in [0, 0.05) is 18.3 Å². The second-order valence-electron chi connectivity index (χ2n) is 4.57. The van der Waals surface area contributed by atoms with Gasteiger partial charge < -0.3 is 10.6 Å². The van der Waals surface area contributed by atoms with Crippen molar-refractivity contribution >= 4 is 34.6 Å². The number of aromatic amines is 1. The maximum atomic E-state index is 4.52. The molecule has 19 heavy (non-hydrogen) atoms. The molecule has 0 bridgehead atoms. The van der Waals surface area contributed by atoms with Gasteiger partial charge in [-0.15, -0.1) is 0 Å². The summed E-state index contributed by atoms with van der Waals surface area (Å²) in [6.45, 7) is 3.79. The van der Waals surface area contributed by atoms with Crippen molar-refractivity contribution in [3.8, 4) is 0 Å². The fourth-order valence-corrected chi connectivity index (χ4v) is 3.42. The lowest BCUT2D eigenvalue weighted by Gasteiger charge is -2.12. The molecule has 102 valence electrons. The van der Waals surface area contributed by atoms with Gasteiger partial charge in [-0.1, -0.05) is 0 Å². The molecule has 1 atom stereocenters. The summed E-state index contributed by atoms with van der Waals surface area (Å²) in [5, 5.41) is 15.2. The minimum absolute atomic E-state index is 0.640. The van der Waals surface area contributed by atoms with Gasteiger partial charge in [-0.2, -0.15) is 26.8 Å². The van der Waals surface area contributed by atoms with Gasteiger partial charge in [0.2, 0.25) is 5.95 Å². The van der Waals surface area contributed by atoms with Gasteiger partial charge in [-0.25, -0.2) is 0 Å². The van der Waals surface area contributed by atoms with Crippen molar-refractivity contribution in [1.82, 2.24) is 20.2 Å². The molecule has 3 N–H and O–H groups in total. The molecule has 0 aliphatic carbocycles. The zero-order chi connectivity index (χ0) is 13.1. The Balaban J connectivity index is 1.80. The molecular weight excluding hydrogens is 260 g/mol. The fraction of sp³-hybridized carbons (Fsp3) is 0.583. The second kappa shape index (κ2) is 5.64. The van der Waals surface area contributed by atoms with Gasteiger partial charge in [-0.3, -0.25) is 5.10 Å². The summed E-state index contributed by atoms with van der Waals surface area (Å²) in [5.74, 6) is 2.78. The Labute approximate surface area is 116 Å². The summed E-state index contributed by atoms with van der Waals surface area (Å²) in [6.07, 6.45) is 4.39. The van der Waals surface area contributed by atoms with Crippen LogP contribution in [0.15, 0.2) is 6.20 Å². The van der Waals surface area contributed by atoms with Crippen LogP contribution in [0.25, 0.3) is 11.0 Å². The number of aromatic nitrogens is 4. The van der Waals surface area contributed by atoms with Crippen molar-refractivity contribution in [2.24, 2.45) is 0 Å². The van der Waals surface area contributed by atoms with Crippen molar-refractivity contribution in [2.75, 3.05) is 29.5 Å². The number of nitrogens with zero attached hydrogens (tertiary/aromatic N) is 3. The first-order valence-electron chi connectivity index (χ1n) is 6.67. The van der Waals surface area contributed by atoms with Crippen LogP contribution in [0, 0.1) is 0 Å². The minimum Gasteiger partial charge on any atom is -0.368 e. The van der Waals surface area contributed by atoms with E-state index in [0.717, 1.165) is 29.9 Å². The van der Waals surface area contributed by atoms with E-state index in [0.29, 0.717) is 11.2 Å². The monoisotopic (exact) mass is 278 g/mol. The first-order valence-corrected chi connectivity index (χ1v) is 7.72. The summed E-state index contributed by atoms with van der Waals surface area (Å²) in [7, 11) is 0. The van der Waals surface area contributed by atoms with Crippen LogP contribution < -0.4 is 10.6 Å². The maximum absolute atomic E-state index is 4.52. The van der Waals surface area contributed by atoms with E-state index in [9.17, 15) is 0 Å². The van der Waals surface area contributed by atoms with E-state index < -0.39 is 0 Å². The van der Waals surface area contributed by atoms with Gasteiger partial charge in [0.05, 0.1) is 11.6 Å². The zero-order valence-corrected chi connectivity index (χ0v) is 11.8. The van der Waals surface area contributed by atoms with Crippen LogP contribution in [-0.2, 0) is 0 Å². The van der Waals surface area contributed by atoms with Crippen molar-refractivity contribution in [2.45, 2.75) is 25.0 Å². The first-order chi connectivity index (χ1) is 9.36. The van der Waals surface area contributed by atoms with Crippen molar-refractivity contribution in [3.63, 3.8) is 0 Å². The largest absolute Gasteiger partial charge is 0.368 e. The molecule has 3 heterocycles. The van der Waals surface area contributed by atoms with Crippen LogP contribution in [0.5, 0.6) is 0 Å². The van der Waals surface area contributed by atoms with Gasteiger partial charge in [-0.05, 0) is 25.5 Å². The number of hydrogen-bond donors (Lipinski definition) is 3. The highest BCUT2D eigenvalue weighted by Gasteiger charge is 2.16. The van der Waals surface area contributed by atoms with Crippen LogP contribution in [0.1, 0.15) is 19.8 Å². The Morgan fingerprint density at radius 3 is 3.16 bits per heavy atom. The number of anilines is 2. The quantitative estimate of drug-likeness (QED) is 0.777. The van der Waals surface area contributed by atoms with E-state index in [4.69, 9.17) is 0 Å². The van der Waals surface area contributed by atoms with Crippen LogP contribution in [0.2, 0.25) is 0 Å². The number of thioether (sulfide) groups is 1. The molecule has 1 fully saturated rings. The third kappa shape index (κ3) is 2.75. The molecule has 0 aromatic carbocycles. The van der Waals surface area contributed by atoms with Gasteiger partial charge in [0.15, 0.2) is 5.65 Å². The van der Waals surface area contributed by atoms with E-state index in [-0.39, 0.29) is 0 Å². The lowest BCUT2D eigenvalue weighted by Crippen LogP contribution is -2.15.